The van der Waals surface area contributed by atoms with Crippen molar-refractivity contribution in [3.05, 3.63) is 0 Å². The first-order chi connectivity index (χ1) is 20.3. The molecule has 3 atom stereocenters. The molecule has 3 heterocycles. The highest BCUT2D eigenvalue weighted by molar-refractivity contribution is 5.84. The Morgan fingerprint density at radius 3 is 1.07 bits per heavy atom. The maximum Gasteiger partial charge on any atom is 0.310 e. The molecular weight excluding hydrogens is 570 g/mol. The standard InChI is InChI=1S/C36H63N3O6/c1-31(2)16-23(17-32(3,4)37-31)43-28(40)22-13-14-26(29(41)44-24-18-33(5,6)38-34(7,8)19-24)27(15-22)30(42)45-25-20-35(9,10)39-36(11,12)21-25/h22-27,37-39H,13-21H2,1-12H3. The van der Waals surface area contributed by atoms with Crippen LogP contribution in [0.15, 0.2) is 0 Å². The first-order valence-electron chi connectivity index (χ1n) is 17.3. The normalized spacial score (nSPS) is 32.7. The maximum atomic E-state index is 14.0. The van der Waals surface area contributed by atoms with E-state index in [1.807, 2.05) is 0 Å². The van der Waals surface area contributed by atoms with E-state index in [0.29, 0.717) is 38.5 Å². The molecule has 0 radical (unpaired) electrons. The van der Waals surface area contributed by atoms with Gasteiger partial charge in [0, 0.05) is 71.8 Å². The number of carbonyl (C=O) groups excluding carboxylic acids is 3. The second kappa shape index (κ2) is 12.4. The second-order valence-electron chi connectivity index (χ2n) is 18.8. The molecule has 4 rings (SSSR count). The minimum absolute atomic E-state index is 0.158. The molecule has 0 aromatic carbocycles. The molecule has 0 aromatic heterocycles. The molecule has 1 aliphatic carbocycles. The molecule has 9 nitrogen and oxygen atoms in total. The summed E-state index contributed by atoms with van der Waals surface area (Å²) in [5, 5.41) is 10.9. The van der Waals surface area contributed by atoms with Crippen molar-refractivity contribution < 1.29 is 28.6 Å². The van der Waals surface area contributed by atoms with Gasteiger partial charge in [-0.15, -0.1) is 0 Å². The van der Waals surface area contributed by atoms with Crippen molar-refractivity contribution in [1.29, 1.82) is 0 Å². The fraction of sp³-hybridized carbons (Fsp3) is 0.917. The Labute approximate surface area is 272 Å². The van der Waals surface area contributed by atoms with Crippen molar-refractivity contribution in [2.75, 3.05) is 0 Å². The lowest BCUT2D eigenvalue weighted by Gasteiger charge is -2.47. The van der Waals surface area contributed by atoms with Gasteiger partial charge in [-0.2, -0.15) is 0 Å². The van der Waals surface area contributed by atoms with Gasteiger partial charge < -0.3 is 30.2 Å². The van der Waals surface area contributed by atoms with Gasteiger partial charge in [-0.05, 0) is 102 Å². The molecule has 4 fully saturated rings. The number of esters is 3. The van der Waals surface area contributed by atoms with Gasteiger partial charge in [0.2, 0.25) is 0 Å². The van der Waals surface area contributed by atoms with E-state index in [4.69, 9.17) is 14.2 Å². The SMILES string of the molecule is CC1(C)CC(OC(=O)C2CCC(C(=O)OC3CC(C)(C)NC(C)(C)C3)C(C(=O)OC3CC(C)(C)NC(C)(C)C3)C2)CC(C)(C)N1. The molecule has 45 heavy (non-hydrogen) atoms. The fourth-order valence-corrected chi connectivity index (χ4v) is 9.63. The highest BCUT2D eigenvalue weighted by atomic mass is 16.6. The molecule has 9 heteroatoms. The van der Waals surface area contributed by atoms with Gasteiger partial charge in [0.25, 0.3) is 0 Å². The fourth-order valence-electron chi connectivity index (χ4n) is 9.63. The molecule has 258 valence electrons. The Hall–Kier alpha value is -1.71. The van der Waals surface area contributed by atoms with Crippen LogP contribution in [0.25, 0.3) is 0 Å². The van der Waals surface area contributed by atoms with Crippen LogP contribution in [-0.4, -0.2) is 69.5 Å². The molecule has 0 amide bonds. The van der Waals surface area contributed by atoms with Crippen LogP contribution in [0.5, 0.6) is 0 Å². The summed E-state index contributed by atoms with van der Waals surface area (Å²) in [5.74, 6) is -2.90. The highest BCUT2D eigenvalue weighted by Gasteiger charge is 2.48. The van der Waals surface area contributed by atoms with Crippen molar-refractivity contribution in [2.45, 2.75) is 192 Å². The highest BCUT2D eigenvalue weighted by Crippen LogP contribution is 2.40. The number of hydrogen-bond donors (Lipinski definition) is 3. The van der Waals surface area contributed by atoms with Crippen molar-refractivity contribution in [3.63, 3.8) is 0 Å². The van der Waals surface area contributed by atoms with Crippen molar-refractivity contribution in [3.8, 4) is 0 Å². The summed E-state index contributed by atoms with van der Waals surface area (Å²) in [6.45, 7) is 25.5. The summed E-state index contributed by atoms with van der Waals surface area (Å²) in [4.78, 5) is 41.5. The number of rotatable bonds is 6. The van der Waals surface area contributed by atoms with Gasteiger partial charge in [-0.25, -0.2) is 0 Å². The number of nitrogens with one attached hydrogen (secondary N) is 3. The Morgan fingerprint density at radius 1 is 0.444 bits per heavy atom. The number of hydrogen-bond acceptors (Lipinski definition) is 9. The van der Waals surface area contributed by atoms with E-state index in [1.165, 1.54) is 0 Å². The van der Waals surface area contributed by atoms with Gasteiger partial charge in [0.15, 0.2) is 0 Å². The van der Waals surface area contributed by atoms with E-state index in [2.05, 4.69) is 99.0 Å². The van der Waals surface area contributed by atoms with Crippen LogP contribution in [0.1, 0.15) is 141 Å². The average molecular weight is 634 g/mol. The van der Waals surface area contributed by atoms with Crippen molar-refractivity contribution in [1.82, 2.24) is 16.0 Å². The van der Waals surface area contributed by atoms with E-state index in [0.717, 1.165) is 12.8 Å². The number of carbonyl (C=O) groups is 3. The summed E-state index contributed by atoms with van der Waals surface area (Å²) in [7, 11) is 0. The maximum absolute atomic E-state index is 14.0. The largest absolute Gasteiger partial charge is 0.462 e. The molecule has 3 saturated heterocycles. The average Bonchev–Trinajstić information content (AvgIpc) is 2.77. The van der Waals surface area contributed by atoms with Crippen LogP contribution < -0.4 is 16.0 Å². The molecule has 1 saturated carbocycles. The Morgan fingerprint density at radius 2 is 0.733 bits per heavy atom. The molecule has 4 aliphatic rings. The molecule has 3 aliphatic heterocycles. The molecule has 3 unspecified atom stereocenters. The van der Waals surface area contributed by atoms with E-state index < -0.39 is 23.7 Å². The zero-order valence-corrected chi connectivity index (χ0v) is 30.3. The van der Waals surface area contributed by atoms with Gasteiger partial charge in [-0.1, -0.05) is 0 Å². The van der Waals surface area contributed by atoms with Gasteiger partial charge in [0.05, 0.1) is 17.8 Å². The van der Waals surface area contributed by atoms with Crippen LogP contribution in [-0.2, 0) is 28.6 Å². The minimum Gasteiger partial charge on any atom is -0.462 e. The first kappa shape index (κ1) is 36.1. The number of piperidine rings is 3. The third kappa shape index (κ3) is 9.90. The Bertz CT molecular complexity index is 1080. The predicted molar refractivity (Wildman–Crippen MR) is 176 cm³/mol. The summed E-state index contributed by atoms with van der Waals surface area (Å²) in [6.07, 6.45) is 4.56. The topological polar surface area (TPSA) is 115 Å². The Balaban J connectivity index is 1.50. The lowest BCUT2D eigenvalue weighted by molar-refractivity contribution is -0.177. The quantitative estimate of drug-likeness (QED) is 0.255. The molecule has 3 N–H and O–H groups in total. The van der Waals surface area contributed by atoms with Crippen LogP contribution in [0.4, 0.5) is 0 Å². The molecule has 0 bridgehead atoms. The molecule has 0 spiro atoms. The first-order valence-corrected chi connectivity index (χ1v) is 17.3. The van der Waals surface area contributed by atoms with Gasteiger partial charge in [-0.3, -0.25) is 14.4 Å². The lowest BCUT2D eigenvalue weighted by Crippen LogP contribution is -2.60. The van der Waals surface area contributed by atoms with Gasteiger partial charge >= 0.3 is 17.9 Å². The van der Waals surface area contributed by atoms with Crippen LogP contribution >= 0.6 is 0 Å². The third-order valence-corrected chi connectivity index (χ3v) is 10.1. The predicted octanol–water partition coefficient (Wildman–Crippen LogP) is 5.58. The molecule has 0 aromatic rings. The van der Waals surface area contributed by atoms with E-state index in [-0.39, 0.29) is 69.9 Å². The van der Waals surface area contributed by atoms with E-state index >= 15 is 0 Å². The monoisotopic (exact) mass is 633 g/mol. The smallest absolute Gasteiger partial charge is 0.310 e. The molecular formula is C36H63N3O6. The third-order valence-electron chi connectivity index (χ3n) is 10.1. The van der Waals surface area contributed by atoms with E-state index in [1.54, 1.807) is 0 Å². The number of ether oxygens (including phenoxy) is 3. The summed E-state index contributed by atoms with van der Waals surface area (Å²) >= 11 is 0. The van der Waals surface area contributed by atoms with E-state index in [9.17, 15) is 14.4 Å². The van der Waals surface area contributed by atoms with Gasteiger partial charge in [0.1, 0.15) is 18.3 Å². The van der Waals surface area contributed by atoms with Crippen LogP contribution in [0.3, 0.4) is 0 Å². The zero-order valence-electron chi connectivity index (χ0n) is 30.3. The van der Waals surface area contributed by atoms with Crippen LogP contribution in [0.2, 0.25) is 0 Å². The van der Waals surface area contributed by atoms with Crippen molar-refractivity contribution >= 4 is 17.9 Å². The lowest BCUT2D eigenvalue weighted by atomic mass is 9.73. The van der Waals surface area contributed by atoms with Crippen molar-refractivity contribution in [2.24, 2.45) is 17.8 Å². The Kier molecular flexibility index (Phi) is 9.95. The summed E-state index contributed by atoms with van der Waals surface area (Å²) < 4.78 is 18.5. The second-order valence-corrected chi connectivity index (χ2v) is 18.8. The minimum atomic E-state index is -0.756. The summed E-state index contributed by atoms with van der Waals surface area (Å²) in [5.41, 5.74) is -1.08. The summed E-state index contributed by atoms with van der Waals surface area (Å²) in [6, 6.07) is 0. The van der Waals surface area contributed by atoms with Crippen LogP contribution in [0, 0.1) is 17.8 Å². The zero-order chi connectivity index (χ0) is 33.8.